The lowest BCUT2D eigenvalue weighted by Crippen LogP contribution is -2.45. The molecule has 4 heteroatoms. The van der Waals surface area contributed by atoms with E-state index in [1.165, 1.54) is 11.1 Å². The number of aryl methyl sites for hydroxylation is 1. The molecule has 1 rings (SSSR count). The summed E-state index contributed by atoms with van der Waals surface area (Å²) in [4.78, 5) is 4.58. The predicted octanol–water partition coefficient (Wildman–Crippen LogP) is 7.01. The summed E-state index contributed by atoms with van der Waals surface area (Å²) in [5.41, 5.74) is 3.45. The van der Waals surface area contributed by atoms with Gasteiger partial charge in [-0.05, 0) is 50.6 Å². The van der Waals surface area contributed by atoms with Crippen molar-refractivity contribution in [3.8, 4) is 0 Å². The minimum atomic E-state index is -1.88. The van der Waals surface area contributed by atoms with Crippen molar-refractivity contribution < 1.29 is 4.43 Å². The highest BCUT2D eigenvalue weighted by Crippen LogP contribution is 2.39. The summed E-state index contributed by atoms with van der Waals surface area (Å²) in [5, 5.41) is 3.38. The Balaban J connectivity index is 3.22. The quantitative estimate of drug-likeness (QED) is 0.376. The van der Waals surface area contributed by atoms with E-state index in [0.29, 0.717) is 0 Å². The van der Waals surface area contributed by atoms with Crippen LogP contribution < -0.4 is 0 Å². The molecule has 2 nitrogen and oxygen atoms in total. The molecule has 0 bridgehead atoms. The van der Waals surface area contributed by atoms with Crippen molar-refractivity contribution in [3.05, 3.63) is 46.0 Å². The van der Waals surface area contributed by atoms with Crippen LogP contribution in [0.25, 0.3) is 6.08 Å². The third kappa shape index (κ3) is 6.35. The summed E-state index contributed by atoms with van der Waals surface area (Å²) in [6.07, 6.45) is 6.39. The smallest absolute Gasteiger partial charge is 0.192 e. The van der Waals surface area contributed by atoms with Gasteiger partial charge in [-0.2, -0.15) is 0 Å². The van der Waals surface area contributed by atoms with Gasteiger partial charge in [0.15, 0.2) is 8.32 Å². The summed E-state index contributed by atoms with van der Waals surface area (Å²) < 4.78 is 6.82. The van der Waals surface area contributed by atoms with Gasteiger partial charge < -0.3 is 4.43 Å². The van der Waals surface area contributed by atoms with Crippen molar-refractivity contribution in [3.63, 3.8) is 0 Å². The average molecular weight is 378 g/mol. The van der Waals surface area contributed by atoms with Gasteiger partial charge in [-0.1, -0.05) is 52.0 Å². The van der Waals surface area contributed by atoms with Crippen LogP contribution in [0.1, 0.15) is 52.2 Å². The minimum Gasteiger partial charge on any atom is -0.410 e. The van der Waals surface area contributed by atoms with Gasteiger partial charge in [0, 0.05) is 11.3 Å². The first-order valence-electron chi connectivity index (χ1n) is 8.96. The van der Waals surface area contributed by atoms with Crippen LogP contribution in [0.3, 0.4) is 0 Å². The first kappa shape index (κ1) is 22.1. The molecule has 140 valence electrons. The molecule has 0 aliphatic heterocycles. The number of aromatic nitrogens is 1. The van der Waals surface area contributed by atoms with Gasteiger partial charge in [0.25, 0.3) is 0 Å². The van der Waals surface area contributed by atoms with Crippen LogP contribution in [0.4, 0.5) is 0 Å². The van der Waals surface area contributed by atoms with E-state index in [4.69, 9.17) is 4.43 Å². The van der Waals surface area contributed by atoms with Crippen LogP contribution in [0.5, 0.6) is 0 Å². The van der Waals surface area contributed by atoms with Crippen LogP contribution in [0.2, 0.25) is 18.1 Å². The lowest BCUT2D eigenvalue weighted by atomic mass is 9.95. The van der Waals surface area contributed by atoms with Crippen molar-refractivity contribution in [1.29, 1.82) is 0 Å². The number of allylic oxidation sites excluding steroid dienone is 2. The van der Waals surface area contributed by atoms with Crippen LogP contribution in [-0.2, 0) is 4.43 Å². The fourth-order valence-electron chi connectivity index (χ4n) is 2.44. The maximum absolute atomic E-state index is 6.82. The molecule has 0 N–H and O–H groups in total. The van der Waals surface area contributed by atoms with Gasteiger partial charge in [0.2, 0.25) is 0 Å². The van der Waals surface area contributed by atoms with E-state index < -0.39 is 8.32 Å². The molecule has 0 saturated heterocycles. The molecule has 0 radical (unpaired) electrons. The molecule has 0 fully saturated rings. The molecule has 1 aromatic heterocycles. The highest BCUT2D eigenvalue weighted by Gasteiger charge is 2.40. The van der Waals surface area contributed by atoms with Crippen LogP contribution in [0, 0.1) is 12.8 Å². The summed E-state index contributed by atoms with van der Waals surface area (Å²) >= 11 is 1.69. The second-order valence-corrected chi connectivity index (χ2v) is 14.3. The van der Waals surface area contributed by atoms with Crippen LogP contribution in [-0.4, -0.2) is 19.4 Å². The zero-order chi connectivity index (χ0) is 19.4. The Kier molecular flexibility index (Phi) is 7.60. The molecule has 0 aliphatic carbocycles. The molecular formula is C21H35NOSSi. The first-order valence-corrected chi connectivity index (χ1v) is 12.7. The number of nitrogens with zero attached hydrogens (tertiary/aromatic N) is 1. The molecule has 0 aromatic carbocycles. The van der Waals surface area contributed by atoms with E-state index in [9.17, 15) is 0 Å². The summed E-state index contributed by atoms with van der Waals surface area (Å²) in [5.74, 6) is 0.281. The highest BCUT2D eigenvalue weighted by atomic mass is 32.1. The lowest BCUT2D eigenvalue weighted by Gasteiger charge is -2.41. The predicted molar refractivity (Wildman–Crippen MR) is 116 cm³/mol. The van der Waals surface area contributed by atoms with E-state index in [1.54, 1.807) is 11.3 Å². The van der Waals surface area contributed by atoms with Gasteiger partial charge in [-0.15, -0.1) is 11.3 Å². The largest absolute Gasteiger partial charge is 0.410 e. The van der Waals surface area contributed by atoms with Crippen LogP contribution in [0.15, 0.2) is 35.3 Å². The molecule has 0 saturated carbocycles. The molecule has 0 amide bonds. The fourth-order valence-corrected chi connectivity index (χ4v) is 4.40. The van der Waals surface area contributed by atoms with E-state index in [1.807, 2.05) is 13.0 Å². The molecule has 25 heavy (non-hydrogen) atoms. The van der Waals surface area contributed by atoms with Gasteiger partial charge in [0.1, 0.15) is 0 Å². The van der Waals surface area contributed by atoms with Crippen LogP contribution >= 0.6 is 11.3 Å². The molecule has 1 heterocycles. The zero-order valence-corrected chi connectivity index (χ0v) is 19.3. The monoisotopic (exact) mass is 377 g/mol. The van der Waals surface area contributed by atoms with Gasteiger partial charge >= 0.3 is 0 Å². The summed E-state index contributed by atoms with van der Waals surface area (Å²) in [6.45, 7) is 23.9. The van der Waals surface area contributed by atoms with Crippen molar-refractivity contribution >= 4 is 25.7 Å². The topological polar surface area (TPSA) is 22.1 Å². The SMILES string of the molecule is C=C/C(C)=C\[C@H](C)[C@H](O[Si](C)(C)C(C)(C)C)/C(C)=C/c1csc(C)n1. The normalized spacial score (nSPS) is 16.7. The van der Waals surface area contributed by atoms with Gasteiger partial charge in [-0.25, -0.2) is 4.98 Å². The maximum atomic E-state index is 6.82. The molecule has 0 spiro atoms. The molecule has 2 atom stereocenters. The Morgan fingerprint density at radius 3 is 2.36 bits per heavy atom. The van der Waals surface area contributed by atoms with E-state index >= 15 is 0 Å². The van der Waals surface area contributed by atoms with Crippen molar-refractivity contribution in [2.75, 3.05) is 0 Å². The standard InChI is InChI=1S/C21H35NOSSi/c1-11-15(2)12-16(3)20(23-25(9,10)21(6,7)8)17(4)13-19-14-24-18(5)22-19/h11-14,16,20H,1H2,2-10H3/b15-12-,17-13+/t16-,20-/m0/s1. The average Bonchev–Trinajstić information content (AvgIpc) is 2.88. The Bertz CT molecular complexity index is 649. The number of hydrogen-bond acceptors (Lipinski definition) is 3. The second kappa shape index (κ2) is 8.61. The zero-order valence-electron chi connectivity index (χ0n) is 17.4. The Morgan fingerprint density at radius 1 is 1.32 bits per heavy atom. The summed E-state index contributed by atoms with van der Waals surface area (Å²) in [7, 11) is -1.88. The fraction of sp³-hybridized carbons (Fsp3) is 0.571. The Morgan fingerprint density at radius 2 is 1.92 bits per heavy atom. The number of hydrogen-bond donors (Lipinski definition) is 0. The summed E-state index contributed by atoms with van der Waals surface area (Å²) in [6, 6.07) is 0. The lowest BCUT2D eigenvalue weighted by molar-refractivity contribution is 0.179. The van der Waals surface area contributed by atoms with Crippen molar-refractivity contribution in [2.45, 2.75) is 72.7 Å². The van der Waals surface area contributed by atoms with Gasteiger partial charge in [-0.3, -0.25) is 0 Å². The number of rotatable bonds is 7. The van der Waals surface area contributed by atoms with Crippen molar-refractivity contribution in [2.24, 2.45) is 5.92 Å². The Labute approximate surface area is 159 Å². The maximum Gasteiger partial charge on any atom is 0.192 e. The Hall–Kier alpha value is -0.973. The molecule has 1 aromatic rings. The van der Waals surface area contributed by atoms with Gasteiger partial charge in [0.05, 0.1) is 16.8 Å². The number of thiazole rings is 1. The third-order valence-electron chi connectivity index (χ3n) is 5.01. The van der Waals surface area contributed by atoms with E-state index in [-0.39, 0.29) is 17.1 Å². The van der Waals surface area contributed by atoms with E-state index in [0.717, 1.165) is 10.7 Å². The highest BCUT2D eigenvalue weighted by molar-refractivity contribution is 7.09. The van der Waals surface area contributed by atoms with E-state index in [2.05, 4.69) is 83.7 Å². The molecular weight excluding hydrogens is 342 g/mol. The third-order valence-corrected chi connectivity index (χ3v) is 10.3. The molecule has 0 unspecified atom stereocenters. The second-order valence-electron chi connectivity index (χ2n) is 8.45. The van der Waals surface area contributed by atoms with Crippen molar-refractivity contribution in [1.82, 2.24) is 4.98 Å². The first-order chi connectivity index (χ1) is 11.4. The molecule has 0 aliphatic rings. The minimum absolute atomic E-state index is 0.0535.